The van der Waals surface area contributed by atoms with E-state index in [1.165, 1.54) is 13.3 Å². The molecule has 0 atom stereocenters. The van der Waals surface area contributed by atoms with E-state index in [9.17, 15) is 9.59 Å². The fourth-order valence-electron chi connectivity index (χ4n) is 2.11. The molecule has 0 aliphatic carbocycles. The molecule has 1 aromatic carbocycles. The summed E-state index contributed by atoms with van der Waals surface area (Å²) in [5.74, 6) is -0.684. The van der Waals surface area contributed by atoms with Crippen LogP contribution < -0.4 is 10.6 Å². The zero-order valence-corrected chi connectivity index (χ0v) is 15.6. The van der Waals surface area contributed by atoms with Crippen LogP contribution in [0, 0.1) is 0 Å². The highest BCUT2D eigenvalue weighted by Crippen LogP contribution is 2.26. The van der Waals surface area contributed by atoms with Crippen LogP contribution in [-0.4, -0.2) is 56.1 Å². The molecule has 26 heavy (non-hydrogen) atoms. The van der Waals surface area contributed by atoms with E-state index in [-0.39, 0.29) is 5.91 Å². The first-order chi connectivity index (χ1) is 12.4. The number of pyridine rings is 1. The van der Waals surface area contributed by atoms with Crippen LogP contribution in [-0.2, 0) is 4.74 Å². The average molecular weight is 377 g/mol. The van der Waals surface area contributed by atoms with E-state index in [1.54, 1.807) is 30.3 Å². The van der Waals surface area contributed by atoms with Gasteiger partial charge in [0.2, 0.25) is 0 Å². The zero-order valence-electron chi connectivity index (χ0n) is 14.9. The third-order valence-corrected chi connectivity index (χ3v) is 3.84. The van der Waals surface area contributed by atoms with Gasteiger partial charge in [-0.2, -0.15) is 0 Å². The van der Waals surface area contributed by atoms with Gasteiger partial charge in [-0.25, -0.2) is 9.78 Å². The molecule has 1 amide bonds. The number of hydrogen-bond donors (Lipinski definition) is 2. The minimum Gasteiger partial charge on any atom is -0.465 e. The second-order valence-electron chi connectivity index (χ2n) is 5.80. The quantitative estimate of drug-likeness (QED) is 0.722. The van der Waals surface area contributed by atoms with E-state index in [2.05, 4.69) is 15.6 Å². The lowest BCUT2D eigenvalue weighted by Gasteiger charge is -2.11. The smallest absolute Gasteiger partial charge is 0.337 e. The summed E-state index contributed by atoms with van der Waals surface area (Å²) in [4.78, 5) is 29.8. The number of halogens is 1. The highest BCUT2D eigenvalue weighted by Gasteiger charge is 2.10. The summed E-state index contributed by atoms with van der Waals surface area (Å²) in [6.07, 6.45) is 1.53. The predicted octanol–water partition coefficient (Wildman–Crippen LogP) is 2.56. The molecule has 0 spiro atoms. The topological polar surface area (TPSA) is 83.6 Å². The van der Waals surface area contributed by atoms with Crippen LogP contribution in [0.25, 0.3) is 0 Å². The van der Waals surface area contributed by atoms with Gasteiger partial charge >= 0.3 is 5.97 Å². The van der Waals surface area contributed by atoms with Gasteiger partial charge in [-0.3, -0.25) is 4.79 Å². The Hall–Kier alpha value is -2.64. The summed E-state index contributed by atoms with van der Waals surface area (Å²) in [5.41, 5.74) is 1.88. The Morgan fingerprint density at radius 1 is 1.23 bits per heavy atom. The molecule has 2 aromatic rings. The number of methoxy groups -OCH3 is 1. The molecule has 138 valence electrons. The summed E-state index contributed by atoms with van der Waals surface area (Å²) in [6.45, 7) is 1.30. The maximum absolute atomic E-state index is 12.0. The number of benzene rings is 1. The van der Waals surface area contributed by atoms with E-state index in [1.807, 2.05) is 19.0 Å². The van der Waals surface area contributed by atoms with E-state index < -0.39 is 5.97 Å². The van der Waals surface area contributed by atoms with Gasteiger partial charge in [0.15, 0.2) is 0 Å². The molecule has 0 radical (unpaired) electrons. The summed E-state index contributed by atoms with van der Waals surface area (Å²) in [6, 6.07) is 8.12. The molecule has 0 bridgehead atoms. The van der Waals surface area contributed by atoms with Crippen LogP contribution in [0.15, 0.2) is 36.5 Å². The van der Waals surface area contributed by atoms with Crippen LogP contribution >= 0.6 is 11.6 Å². The lowest BCUT2D eigenvalue weighted by molar-refractivity contribution is 0.0600. The number of nitrogens with one attached hydrogen (secondary N) is 2. The Labute approximate surface area is 157 Å². The second-order valence-corrected chi connectivity index (χ2v) is 6.21. The lowest BCUT2D eigenvalue weighted by Crippen LogP contribution is -2.31. The number of hydrogen-bond acceptors (Lipinski definition) is 6. The van der Waals surface area contributed by atoms with Gasteiger partial charge < -0.3 is 20.3 Å². The van der Waals surface area contributed by atoms with Crippen molar-refractivity contribution in [2.45, 2.75) is 0 Å². The molecule has 0 saturated heterocycles. The summed E-state index contributed by atoms with van der Waals surface area (Å²) in [5, 5.41) is 6.32. The van der Waals surface area contributed by atoms with Gasteiger partial charge in [0.25, 0.3) is 5.91 Å². The zero-order chi connectivity index (χ0) is 19.1. The van der Waals surface area contributed by atoms with Crippen LogP contribution in [0.5, 0.6) is 0 Å². The Balaban J connectivity index is 2.05. The van der Waals surface area contributed by atoms with Gasteiger partial charge in [-0.1, -0.05) is 11.6 Å². The third-order valence-electron chi connectivity index (χ3n) is 3.51. The first-order valence-corrected chi connectivity index (χ1v) is 8.32. The van der Waals surface area contributed by atoms with Crippen molar-refractivity contribution < 1.29 is 14.3 Å². The molecule has 0 saturated carbocycles. The second kappa shape index (κ2) is 9.17. The number of amides is 1. The first kappa shape index (κ1) is 19.7. The third kappa shape index (κ3) is 5.44. The molecule has 8 heteroatoms. The van der Waals surface area contributed by atoms with Crippen LogP contribution in [0.4, 0.5) is 11.4 Å². The van der Waals surface area contributed by atoms with E-state index in [4.69, 9.17) is 16.3 Å². The maximum atomic E-state index is 12.0. The SMILES string of the molecule is COC(=O)c1ccc(Cl)c(Nc2ccc(C(=O)NCCN(C)C)nc2)c1. The molecule has 0 aliphatic rings. The molecule has 7 nitrogen and oxygen atoms in total. The molecule has 2 N–H and O–H groups in total. The van der Waals surface area contributed by atoms with Crippen molar-refractivity contribution in [2.24, 2.45) is 0 Å². The highest BCUT2D eigenvalue weighted by molar-refractivity contribution is 6.33. The summed E-state index contributed by atoms with van der Waals surface area (Å²) >= 11 is 6.16. The number of carbonyl (C=O) groups is 2. The fourth-order valence-corrected chi connectivity index (χ4v) is 2.27. The number of carbonyl (C=O) groups excluding carboxylic acids is 2. The van der Waals surface area contributed by atoms with Crippen molar-refractivity contribution in [3.8, 4) is 0 Å². The van der Waals surface area contributed by atoms with Gasteiger partial charge in [-0.05, 0) is 44.4 Å². The Bertz CT molecular complexity index is 779. The number of esters is 1. The lowest BCUT2D eigenvalue weighted by atomic mass is 10.2. The molecule has 0 unspecified atom stereocenters. The number of anilines is 2. The van der Waals surface area contributed by atoms with E-state index in [0.29, 0.717) is 34.2 Å². The highest BCUT2D eigenvalue weighted by atomic mass is 35.5. The normalized spacial score (nSPS) is 10.5. The minimum atomic E-state index is -0.451. The molecule has 1 aromatic heterocycles. The molecular formula is C18H21ClN4O3. The Morgan fingerprint density at radius 2 is 2.00 bits per heavy atom. The van der Waals surface area contributed by atoms with Crippen molar-refractivity contribution in [3.63, 3.8) is 0 Å². The summed E-state index contributed by atoms with van der Waals surface area (Å²) in [7, 11) is 5.19. The monoisotopic (exact) mass is 376 g/mol. The first-order valence-electron chi connectivity index (χ1n) is 7.94. The number of likely N-dealkylation sites (N-methyl/N-ethyl adjacent to an activating group) is 1. The average Bonchev–Trinajstić information content (AvgIpc) is 2.63. The predicted molar refractivity (Wildman–Crippen MR) is 101 cm³/mol. The van der Waals surface area contributed by atoms with Gasteiger partial charge in [-0.15, -0.1) is 0 Å². The summed E-state index contributed by atoms with van der Waals surface area (Å²) < 4.78 is 4.70. The fraction of sp³-hybridized carbons (Fsp3) is 0.278. The largest absolute Gasteiger partial charge is 0.465 e. The van der Waals surface area contributed by atoms with E-state index in [0.717, 1.165) is 6.54 Å². The molecule has 0 aliphatic heterocycles. The maximum Gasteiger partial charge on any atom is 0.337 e. The van der Waals surface area contributed by atoms with Crippen molar-refractivity contribution in [1.29, 1.82) is 0 Å². The van der Waals surface area contributed by atoms with Gasteiger partial charge in [0.05, 0.1) is 35.3 Å². The molecule has 1 heterocycles. The van der Waals surface area contributed by atoms with Crippen molar-refractivity contribution in [3.05, 3.63) is 52.8 Å². The number of aromatic nitrogens is 1. The standard InChI is InChI=1S/C18H21ClN4O3/c1-23(2)9-8-20-17(24)15-7-5-13(11-21-15)22-16-10-12(18(25)26-3)4-6-14(16)19/h4-7,10-11,22H,8-9H2,1-3H3,(H,20,24). The van der Waals surface area contributed by atoms with Crippen LogP contribution in [0.1, 0.15) is 20.8 Å². The van der Waals surface area contributed by atoms with Crippen LogP contribution in [0.2, 0.25) is 5.02 Å². The number of rotatable bonds is 7. The molecular weight excluding hydrogens is 356 g/mol. The van der Waals surface area contributed by atoms with Crippen LogP contribution in [0.3, 0.4) is 0 Å². The van der Waals surface area contributed by atoms with E-state index >= 15 is 0 Å². The number of ether oxygens (including phenoxy) is 1. The molecule has 0 fully saturated rings. The van der Waals surface area contributed by atoms with Gasteiger partial charge in [0, 0.05) is 13.1 Å². The van der Waals surface area contributed by atoms with Gasteiger partial charge in [0.1, 0.15) is 5.69 Å². The van der Waals surface area contributed by atoms with Crippen molar-refractivity contribution in [1.82, 2.24) is 15.2 Å². The van der Waals surface area contributed by atoms with Crippen molar-refractivity contribution in [2.75, 3.05) is 39.6 Å². The Kier molecular flexibility index (Phi) is 6.94. The minimum absolute atomic E-state index is 0.232. The number of nitrogens with zero attached hydrogens (tertiary/aromatic N) is 2. The van der Waals surface area contributed by atoms with Crippen molar-refractivity contribution >= 4 is 34.9 Å². The Morgan fingerprint density at radius 3 is 2.62 bits per heavy atom. The molecule has 2 rings (SSSR count).